The molecule has 48 valence electrons. The zero-order valence-corrected chi connectivity index (χ0v) is 4.81. The molecular formula is C4H5N3O2. The first-order chi connectivity index (χ1) is 4.43. The van der Waals surface area contributed by atoms with Gasteiger partial charge < -0.3 is 4.89 Å². The Bertz CT molecular complexity index is 167. The normalized spacial score (nSPS) is 9.00. The van der Waals surface area contributed by atoms with Gasteiger partial charge in [-0.2, -0.15) is 4.89 Å². The Morgan fingerprint density at radius 3 is 3.00 bits per heavy atom. The van der Waals surface area contributed by atoms with Crippen molar-refractivity contribution in [3.63, 3.8) is 0 Å². The Morgan fingerprint density at radius 1 is 1.56 bits per heavy atom. The van der Waals surface area contributed by atoms with Gasteiger partial charge in [0, 0.05) is 6.07 Å². The molecule has 0 fully saturated rings. The molecule has 0 amide bonds. The third kappa shape index (κ3) is 1.61. The number of rotatable bonds is 2. The number of hydrogen-bond acceptors (Lipinski definition) is 5. The van der Waals surface area contributed by atoms with E-state index in [0.29, 0.717) is 5.88 Å². The number of aromatic nitrogens is 3. The molecule has 0 radical (unpaired) electrons. The predicted octanol–water partition coefficient (Wildman–Crippen LogP) is -0.188. The second-order valence-corrected chi connectivity index (χ2v) is 1.21. The van der Waals surface area contributed by atoms with Crippen LogP contribution in [0.1, 0.15) is 0 Å². The van der Waals surface area contributed by atoms with Crippen LogP contribution in [0.25, 0.3) is 0 Å². The Labute approximate surface area is 51.5 Å². The highest BCUT2D eigenvalue weighted by molar-refractivity contribution is 5.00. The van der Waals surface area contributed by atoms with Crippen LogP contribution in [0.3, 0.4) is 0 Å². The minimum Gasteiger partial charge on any atom is -0.315 e. The zero-order chi connectivity index (χ0) is 6.53. The van der Waals surface area contributed by atoms with Crippen LogP contribution in [0.4, 0.5) is 0 Å². The van der Waals surface area contributed by atoms with Gasteiger partial charge in [0.1, 0.15) is 0 Å². The molecular weight excluding hydrogens is 122 g/mol. The van der Waals surface area contributed by atoms with E-state index in [1.54, 1.807) is 0 Å². The Balaban J connectivity index is 2.61. The van der Waals surface area contributed by atoms with E-state index < -0.39 is 0 Å². The molecule has 1 heterocycles. The van der Waals surface area contributed by atoms with Gasteiger partial charge in [0.05, 0.1) is 13.3 Å². The van der Waals surface area contributed by atoms with Crippen molar-refractivity contribution in [1.82, 2.24) is 15.4 Å². The molecule has 0 aromatic carbocycles. The lowest BCUT2D eigenvalue weighted by molar-refractivity contribution is -0.182. The van der Waals surface area contributed by atoms with Gasteiger partial charge in [-0.05, 0) is 5.21 Å². The quantitative estimate of drug-likeness (QED) is 0.407. The predicted molar refractivity (Wildman–Crippen MR) is 27.5 cm³/mol. The van der Waals surface area contributed by atoms with Gasteiger partial charge in [-0.3, -0.25) is 0 Å². The summed E-state index contributed by atoms with van der Waals surface area (Å²) in [6.07, 6.45) is 1.46. The van der Waals surface area contributed by atoms with Crippen molar-refractivity contribution < 1.29 is 9.78 Å². The van der Waals surface area contributed by atoms with Crippen LogP contribution >= 0.6 is 0 Å². The molecule has 0 N–H and O–H groups in total. The lowest BCUT2D eigenvalue weighted by Gasteiger charge is -1.93. The molecule has 1 rings (SSSR count). The SMILES string of the molecule is COOc1ccnnn1. The Morgan fingerprint density at radius 2 is 2.44 bits per heavy atom. The molecule has 9 heavy (non-hydrogen) atoms. The Hall–Kier alpha value is -1.23. The van der Waals surface area contributed by atoms with Crippen LogP contribution in [0.2, 0.25) is 0 Å². The van der Waals surface area contributed by atoms with Crippen LogP contribution in [0.15, 0.2) is 12.3 Å². The monoisotopic (exact) mass is 127 g/mol. The van der Waals surface area contributed by atoms with Gasteiger partial charge >= 0.3 is 0 Å². The molecule has 0 aliphatic heterocycles. The van der Waals surface area contributed by atoms with E-state index in [9.17, 15) is 0 Å². The lowest BCUT2D eigenvalue weighted by Crippen LogP contribution is -1.95. The van der Waals surface area contributed by atoms with E-state index >= 15 is 0 Å². The molecule has 0 aliphatic carbocycles. The zero-order valence-electron chi connectivity index (χ0n) is 4.81. The molecule has 0 saturated heterocycles. The summed E-state index contributed by atoms with van der Waals surface area (Å²) in [5.41, 5.74) is 0. The highest BCUT2D eigenvalue weighted by Gasteiger charge is 1.90. The average Bonchev–Trinajstić information content (AvgIpc) is 1.91. The van der Waals surface area contributed by atoms with Crippen molar-refractivity contribution in [2.75, 3.05) is 7.11 Å². The second-order valence-electron chi connectivity index (χ2n) is 1.21. The maximum Gasteiger partial charge on any atom is 0.278 e. The summed E-state index contributed by atoms with van der Waals surface area (Å²) in [6.45, 7) is 0. The smallest absolute Gasteiger partial charge is 0.278 e. The van der Waals surface area contributed by atoms with E-state index in [1.807, 2.05) is 0 Å². The number of hydrogen-bond donors (Lipinski definition) is 0. The van der Waals surface area contributed by atoms with E-state index in [-0.39, 0.29) is 0 Å². The summed E-state index contributed by atoms with van der Waals surface area (Å²) in [7, 11) is 1.39. The fourth-order valence-electron chi connectivity index (χ4n) is 0.360. The summed E-state index contributed by atoms with van der Waals surface area (Å²) in [4.78, 5) is 8.79. The van der Waals surface area contributed by atoms with Crippen molar-refractivity contribution in [1.29, 1.82) is 0 Å². The first kappa shape index (κ1) is 5.90. The topological polar surface area (TPSA) is 57.1 Å². The molecule has 1 aromatic rings. The van der Waals surface area contributed by atoms with Crippen molar-refractivity contribution in [3.05, 3.63) is 12.3 Å². The van der Waals surface area contributed by atoms with Crippen LogP contribution in [-0.2, 0) is 4.89 Å². The maximum atomic E-state index is 4.49. The standard InChI is InChI=1S/C4H5N3O2/c1-8-9-4-2-3-5-7-6-4/h2-3H,1H3. The highest BCUT2D eigenvalue weighted by Crippen LogP contribution is 1.98. The molecule has 0 bridgehead atoms. The van der Waals surface area contributed by atoms with E-state index in [4.69, 9.17) is 0 Å². The molecule has 5 heteroatoms. The maximum absolute atomic E-state index is 4.49. The van der Waals surface area contributed by atoms with Crippen molar-refractivity contribution >= 4 is 0 Å². The minimum absolute atomic E-state index is 0.299. The van der Waals surface area contributed by atoms with E-state index in [2.05, 4.69) is 25.2 Å². The van der Waals surface area contributed by atoms with Gasteiger partial charge in [0.25, 0.3) is 5.88 Å². The van der Waals surface area contributed by atoms with Crippen molar-refractivity contribution in [3.8, 4) is 5.88 Å². The lowest BCUT2D eigenvalue weighted by atomic mass is 10.7. The molecule has 0 atom stereocenters. The first-order valence-electron chi connectivity index (χ1n) is 2.28. The van der Waals surface area contributed by atoms with Crippen LogP contribution in [0, 0.1) is 0 Å². The van der Waals surface area contributed by atoms with E-state index in [0.717, 1.165) is 0 Å². The third-order valence-corrected chi connectivity index (χ3v) is 0.647. The van der Waals surface area contributed by atoms with Crippen molar-refractivity contribution in [2.24, 2.45) is 0 Å². The summed E-state index contributed by atoms with van der Waals surface area (Å²) in [6, 6.07) is 1.54. The van der Waals surface area contributed by atoms with Gasteiger partial charge in [-0.1, -0.05) is 5.10 Å². The molecule has 1 aromatic heterocycles. The largest absolute Gasteiger partial charge is 0.315 e. The molecule has 0 aliphatic rings. The highest BCUT2D eigenvalue weighted by atomic mass is 17.2. The van der Waals surface area contributed by atoms with Crippen molar-refractivity contribution in [2.45, 2.75) is 0 Å². The summed E-state index contributed by atoms with van der Waals surface area (Å²) >= 11 is 0. The molecule has 5 nitrogen and oxygen atoms in total. The van der Waals surface area contributed by atoms with Gasteiger partial charge in [-0.15, -0.1) is 5.10 Å². The Kier molecular flexibility index (Phi) is 1.92. The van der Waals surface area contributed by atoms with Crippen LogP contribution < -0.4 is 4.89 Å². The third-order valence-electron chi connectivity index (χ3n) is 0.647. The summed E-state index contributed by atoms with van der Waals surface area (Å²) in [5.74, 6) is 0.299. The molecule has 0 unspecified atom stereocenters. The fourth-order valence-corrected chi connectivity index (χ4v) is 0.360. The average molecular weight is 127 g/mol. The summed E-state index contributed by atoms with van der Waals surface area (Å²) < 4.78 is 0. The first-order valence-corrected chi connectivity index (χ1v) is 2.28. The molecule has 0 saturated carbocycles. The second kappa shape index (κ2) is 2.93. The summed E-state index contributed by atoms with van der Waals surface area (Å²) in [5, 5.41) is 10.2. The fraction of sp³-hybridized carbons (Fsp3) is 0.250. The van der Waals surface area contributed by atoms with Gasteiger partial charge in [0.2, 0.25) is 0 Å². The molecule has 0 spiro atoms. The van der Waals surface area contributed by atoms with Gasteiger partial charge in [-0.25, -0.2) is 0 Å². The van der Waals surface area contributed by atoms with E-state index in [1.165, 1.54) is 19.4 Å². The van der Waals surface area contributed by atoms with Crippen LogP contribution in [0.5, 0.6) is 5.88 Å². The number of nitrogens with zero attached hydrogens (tertiary/aromatic N) is 3. The van der Waals surface area contributed by atoms with Crippen LogP contribution in [-0.4, -0.2) is 22.5 Å². The van der Waals surface area contributed by atoms with Gasteiger partial charge in [0.15, 0.2) is 0 Å². The minimum atomic E-state index is 0.299.